The van der Waals surface area contributed by atoms with Gasteiger partial charge in [0.25, 0.3) is 0 Å². The summed E-state index contributed by atoms with van der Waals surface area (Å²) in [6.07, 6.45) is 50.2. The molecule has 0 aromatic heterocycles. The van der Waals surface area contributed by atoms with Gasteiger partial charge in [-0.2, -0.15) is 0 Å². The van der Waals surface area contributed by atoms with Crippen molar-refractivity contribution in [3.8, 4) is 0 Å². The number of phosphoric ester groups is 1. The minimum absolute atomic E-state index is 0.124. The third kappa shape index (κ3) is 46.4. The number of carbonyl (C=O) groups excluding carboxylic acids is 2. The molecule has 0 spiro atoms. The molecule has 0 bridgehead atoms. The van der Waals surface area contributed by atoms with Crippen molar-refractivity contribution in [1.82, 2.24) is 0 Å². The molecule has 11 heteroatoms. The second kappa shape index (κ2) is 47.4. The first-order valence-corrected chi connectivity index (χ1v) is 27.3. The van der Waals surface area contributed by atoms with Crippen LogP contribution in [0.5, 0.6) is 0 Å². The molecule has 0 fully saturated rings. The predicted molar refractivity (Wildman–Crippen MR) is 256 cm³/mol. The van der Waals surface area contributed by atoms with E-state index in [0.717, 1.165) is 32.1 Å². The normalized spacial score (nSPS) is 13.8. The van der Waals surface area contributed by atoms with Crippen LogP contribution in [0.2, 0.25) is 0 Å². The number of aliphatic hydroxyl groups excluding tert-OH is 2. The Labute approximate surface area is 380 Å². The summed E-state index contributed by atoms with van der Waals surface area (Å²) in [5.74, 6) is -0.964. The number of ether oxygens (including phenoxy) is 2. The van der Waals surface area contributed by atoms with Gasteiger partial charge in [0.05, 0.1) is 19.8 Å². The number of carbonyl (C=O) groups is 2. The SMILES string of the molecule is CCCCCCCCCCC/C=C/C/C=C/CCCC(=O)O[C@H](COC(=O)CCCCCCCCCCCCCCCCCCCCCCCC)COP(=O)(O)OC[C@H](O)CO. The number of allylic oxidation sites excluding steroid dienone is 4. The molecule has 0 aromatic carbocycles. The van der Waals surface area contributed by atoms with Crippen LogP contribution < -0.4 is 0 Å². The Kier molecular flexibility index (Phi) is 46.2. The Hall–Kier alpha value is -1.55. The molecular formula is C51H97O10P. The van der Waals surface area contributed by atoms with Gasteiger partial charge in [0.1, 0.15) is 12.7 Å². The zero-order chi connectivity index (χ0) is 45.5. The number of hydrogen-bond acceptors (Lipinski definition) is 9. The largest absolute Gasteiger partial charge is 0.472 e. The van der Waals surface area contributed by atoms with Crippen LogP contribution in [0, 0.1) is 0 Å². The van der Waals surface area contributed by atoms with E-state index in [1.54, 1.807) is 0 Å². The van der Waals surface area contributed by atoms with Crippen molar-refractivity contribution in [1.29, 1.82) is 0 Å². The molecule has 3 atom stereocenters. The quantitative estimate of drug-likeness (QED) is 0.0233. The molecule has 366 valence electrons. The Morgan fingerprint density at radius 2 is 0.855 bits per heavy atom. The molecular weight excluding hydrogens is 804 g/mol. The summed E-state index contributed by atoms with van der Waals surface area (Å²) >= 11 is 0. The molecule has 0 rings (SSSR count). The molecule has 0 radical (unpaired) electrons. The van der Waals surface area contributed by atoms with Gasteiger partial charge in [-0.25, -0.2) is 4.57 Å². The molecule has 0 aliphatic rings. The summed E-state index contributed by atoms with van der Waals surface area (Å²) < 4.78 is 32.8. The zero-order valence-electron chi connectivity index (χ0n) is 40.1. The van der Waals surface area contributed by atoms with Gasteiger partial charge in [-0.05, 0) is 38.5 Å². The first-order valence-electron chi connectivity index (χ1n) is 25.8. The van der Waals surface area contributed by atoms with E-state index in [0.29, 0.717) is 19.3 Å². The van der Waals surface area contributed by atoms with Crippen LogP contribution in [0.1, 0.15) is 251 Å². The maximum Gasteiger partial charge on any atom is 0.472 e. The molecule has 1 unspecified atom stereocenters. The summed E-state index contributed by atoms with van der Waals surface area (Å²) in [6, 6.07) is 0. The molecule has 0 heterocycles. The van der Waals surface area contributed by atoms with Gasteiger partial charge in [0.2, 0.25) is 0 Å². The van der Waals surface area contributed by atoms with E-state index >= 15 is 0 Å². The van der Waals surface area contributed by atoms with Gasteiger partial charge in [0, 0.05) is 12.8 Å². The van der Waals surface area contributed by atoms with E-state index in [2.05, 4.69) is 32.1 Å². The first kappa shape index (κ1) is 60.5. The Bertz CT molecular complexity index is 1080. The highest BCUT2D eigenvalue weighted by atomic mass is 31.2. The van der Waals surface area contributed by atoms with Gasteiger partial charge in [-0.1, -0.05) is 224 Å². The van der Waals surface area contributed by atoms with Crippen LogP contribution in [0.25, 0.3) is 0 Å². The second-order valence-corrected chi connectivity index (χ2v) is 19.0. The summed E-state index contributed by atoms with van der Waals surface area (Å²) in [4.78, 5) is 35.1. The number of phosphoric acid groups is 1. The number of unbranched alkanes of at least 4 members (excludes halogenated alkanes) is 31. The van der Waals surface area contributed by atoms with Gasteiger partial charge in [-0.3, -0.25) is 18.6 Å². The highest BCUT2D eigenvalue weighted by molar-refractivity contribution is 7.47. The topological polar surface area (TPSA) is 149 Å². The lowest BCUT2D eigenvalue weighted by Gasteiger charge is -2.20. The highest BCUT2D eigenvalue weighted by Crippen LogP contribution is 2.43. The van der Waals surface area contributed by atoms with Crippen molar-refractivity contribution < 1.29 is 47.8 Å². The number of aliphatic hydroxyl groups is 2. The number of esters is 2. The summed E-state index contributed by atoms with van der Waals surface area (Å²) in [7, 11) is -4.63. The molecule has 62 heavy (non-hydrogen) atoms. The van der Waals surface area contributed by atoms with Crippen molar-refractivity contribution in [2.75, 3.05) is 26.4 Å². The van der Waals surface area contributed by atoms with Crippen LogP contribution in [0.4, 0.5) is 0 Å². The van der Waals surface area contributed by atoms with E-state index in [9.17, 15) is 24.2 Å². The molecule has 0 amide bonds. The summed E-state index contributed by atoms with van der Waals surface area (Å²) in [5.41, 5.74) is 0. The van der Waals surface area contributed by atoms with Gasteiger partial charge in [-0.15, -0.1) is 0 Å². The lowest BCUT2D eigenvalue weighted by molar-refractivity contribution is -0.161. The molecule has 0 aromatic rings. The first-order chi connectivity index (χ1) is 30.2. The molecule has 3 N–H and O–H groups in total. The van der Waals surface area contributed by atoms with Crippen molar-refractivity contribution >= 4 is 19.8 Å². The maximum absolute atomic E-state index is 12.6. The minimum atomic E-state index is -4.63. The maximum atomic E-state index is 12.6. The van der Waals surface area contributed by atoms with E-state index in [1.165, 1.54) is 173 Å². The van der Waals surface area contributed by atoms with Crippen LogP contribution >= 0.6 is 7.82 Å². The molecule has 0 aliphatic heterocycles. The smallest absolute Gasteiger partial charge is 0.462 e. The fourth-order valence-electron chi connectivity index (χ4n) is 7.39. The molecule has 0 aliphatic carbocycles. The highest BCUT2D eigenvalue weighted by Gasteiger charge is 2.27. The van der Waals surface area contributed by atoms with Gasteiger partial charge in [0.15, 0.2) is 6.10 Å². The van der Waals surface area contributed by atoms with Gasteiger partial charge >= 0.3 is 19.8 Å². The number of rotatable bonds is 49. The molecule has 0 saturated carbocycles. The van der Waals surface area contributed by atoms with Crippen molar-refractivity contribution in [3.05, 3.63) is 24.3 Å². The van der Waals surface area contributed by atoms with Gasteiger partial charge < -0.3 is 24.6 Å². The third-order valence-corrected chi connectivity index (χ3v) is 12.3. The molecule has 0 saturated heterocycles. The lowest BCUT2D eigenvalue weighted by Crippen LogP contribution is -2.29. The average molecular weight is 901 g/mol. The van der Waals surface area contributed by atoms with Crippen molar-refractivity contribution in [2.45, 2.75) is 264 Å². The summed E-state index contributed by atoms with van der Waals surface area (Å²) in [5, 5.41) is 18.4. The molecule has 10 nitrogen and oxygen atoms in total. The van der Waals surface area contributed by atoms with E-state index in [-0.39, 0.29) is 19.4 Å². The van der Waals surface area contributed by atoms with E-state index in [1.807, 2.05) is 6.08 Å². The Morgan fingerprint density at radius 3 is 1.29 bits per heavy atom. The standard InChI is InChI=1S/C51H97O10P/c1-3-5-7-9-11-13-15-17-19-21-22-23-24-25-27-28-30-32-34-36-38-40-42-50(54)58-46-49(47-60-62(56,57)59-45-48(53)44-52)61-51(55)43-41-39-37-35-33-31-29-26-20-18-16-14-12-10-8-6-4-2/h29,31,35,37,48-49,52-53H,3-28,30,32-34,36,38-47H2,1-2H3,(H,56,57)/b31-29+,37-35+/t48-,49-/m1/s1. The van der Waals surface area contributed by atoms with E-state index < -0.39 is 51.8 Å². The fraction of sp³-hybridized carbons (Fsp3) is 0.882. The second-order valence-electron chi connectivity index (χ2n) is 17.6. The average Bonchev–Trinajstić information content (AvgIpc) is 3.26. The minimum Gasteiger partial charge on any atom is -0.462 e. The van der Waals surface area contributed by atoms with Crippen molar-refractivity contribution in [3.63, 3.8) is 0 Å². The third-order valence-electron chi connectivity index (χ3n) is 11.4. The Balaban J connectivity index is 4.17. The van der Waals surface area contributed by atoms with Crippen LogP contribution in [0.3, 0.4) is 0 Å². The number of hydrogen-bond donors (Lipinski definition) is 3. The Morgan fingerprint density at radius 1 is 0.484 bits per heavy atom. The lowest BCUT2D eigenvalue weighted by atomic mass is 10.0. The predicted octanol–water partition coefficient (Wildman–Crippen LogP) is 14.5. The zero-order valence-corrected chi connectivity index (χ0v) is 41.0. The van der Waals surface area contributed by atoms with Crippen LogP contribution in [-0.4, -0.2) is 65.7 Å². The summed E-state index contributed by atoms with van der Waals surface area (Å²) in [6.45, 7) is 2.38. The fourth-order valence-corrected chi connectivity index (χ4v) is 8.18. The van der Waals surface area contributed by atoms with Crippen LogP contribution in [-0.2, 0) is 32.7 Å². The van der Waals surface area contributed by atoms with Crippen molar-refractivity contribution in [2.24, 2.45) is 0 Å². The monoisotopic (exact) mass is 901 g/mol. The van der Waals surface area contributed by atoms with E-state index in [4.69, 9.17) is 23.6 Å². The van der Waals surface area contributed by atoms with Crippen LogP contribution in [0.15, 0.2) is 24.3 Å².